The highest BCUT2D eigenvalue weighted by atomic mass is 79.9. The summed E-state index contributed by atoms with van der Waals surface area (Å²) in [6.07, 6.45) is 3.51. The van der Waals surface area contributed by atoms with Crippen LogP contribution < -0.4 is 0 Å². The Balaban J connectivity index is 1.95. The van der Waals surface area contributed by atoms with Gasteiger partial charge in [0.25, 0.3) is 5.91 Å². The number of aromatic amines is 1. The summed E-state index contributed by atoms with van der Waals surface area (Å²) in [6, 6.07) is 5.96. The van der Waals surface area contributed by atoms with E-state index in [-0.39, 0.29) is 5.91 Å². The van der Waals surface area contributed by atoms with Gasteiger partial charge in [0.05, 0.1) is 12.0 Å². The second kappa shape index (κ2) is 5.07. The van der Waals surface area contributed by atoms with Crippen molar-refractivity contribution in [3.63, 3.8) is 0 Å². The van der Waals surface area contributed by atoms with Crippen molar-refractivity contribution in [1.82, 2.24) is 9.99 Å². The molecule has 1 aromatic carbocycles. The molecule has 0 saturated carbocycles. The number of aromatic nitrogens is 1. The number of hydrogen-bond donors (Lipinski definition) is 1. The van der Waals surface area contributed by atoms with Crippen LogP contribution in [0.4, 0.5) is 0 Å². The molecule has 2 aromatic rings. The first kappa shape index (κ1) is 12.8. The van der Waals surface area contributed by atoms with E-state index in [0.717, 1.165) is 20.9 Å². The van der Waals surface area contributed by atoms with Crippen molar-refractivity contribution in [2.45, 2.75) is 0 Å². The Morgan fingerprint density at radius 1 is 1.53 bits per heavy atom. The molecule has 0 aliphatic carbocycles. The van der Waals surface area contributed by atoms with Crippen LogP contribution in [0.3, 0.4) is 0 Å². The van der Waals surface area contributed by atoms with Crippen LogP contribution >= 0.6 is 39.9 Å². The summed E-state index contributed by atoms with van der Waals surface area (Å²) < 4.78 is 1.50. The Morgan fingerprint density at radius 2 is 2.37 bits per heavy atom. The minimum absolute atomic E-state index is 0.0766. The molecule has 1 aromatic heterocycles. The van der Waals surface area contributed by atoms with E-state index in [1.54, 1.807) is 6.21 Å². The molecule has 0 bridgehead atoms. The third-order valence-electron chi connectivity index (χ3n) is 2.72. The molecular formula is C12H8BrN3OS2. The summed E-state index contributed by atoms with van der Waals surface area (Å²) in [5, 5.41) is 6.49. The lowest BCUT2D eigenvalue weighted by atomic mass is 10.2. The lowest BCUT2D eigenvalue weighted by molar-refractivity contribution is -0.123. The molecule has 1 aliphatic heterocycles. The SMILES string of the molecule is O=C1CSC(=S)N1/N=C/c1c[nH]c2ccc(Br)cc12. The fraction of sp³-hybridized carbons (Fsp3) is 0.0833. The Labute approximate surface area is 127 Å². The van der Waals surface area contributed by atoms with Gasteiger partial charge in [-0.05, 0) is 18.2 Å². The van der Waals surface area contributed by atoms with Gasteiger partial charge < -0.3 is 4.98 Å². The molecule has 96 valence electrons. The van der Waals surface area contributed by atoms with Crippen molar-refractivity contribution >= 4 is 67.3 Å². The smallest absolute Gasteiger partial charge is 0.259 e. The van der Waals surface area contributed by atoms with Crippen LogP contribution in [0.15, 0.2) is 34.0 Å². The molecule has 0 unspecified atom stereocenters. The zero-order valence-corrected chi connectivity index (χ0v) is 12.8. The molecule has 0 radical (unpaired) electrons. The van der Waals surface area contributed by atoms with Gasteiger partial charge in [0.1, 0.15) is 0 Å². The minimum atomic E-state index is -0.0766. The molecule has 4 nitrogen and oxygen atoms in total. The number of thioether (sulfide) groups is 1. The van der Waals surface area contributed by atoms with Crippen LogP contribution in [0.2, 0.25) is 0 Å². The van der Waals surface area contributed by atoms with E-state index in [1.807, 2.05) is 24.4 Å². The second-order valence-corrected chi connectivity index (χ2v) is 6.46. The Kier molecular flexibility index (Phi) is 3.42. The van der Waals surface area contributed by atoms with Crippen LogP contribution in [0.1, 0.15) is 5.56 Å². The zero-order chi connectivity index (χ0) is 13.4. The van der Waals surface area contributed by atoms with Gasteiger partial charge in [-0.2, -0.15) is 10.1 Å². The molecule has 2 heterocycles. The highest BCUT2D eigenvalue weighted by Crippen LogP contribution is 2.23. The largest absolute Gasteiger partial charge is 0.361 e. The lowest BCUT2D eigenvalue weighted by Crippen LogP contribution is -2.22. The third-order valence-corrected chi connectivity index (χ3v) is 4.55. The number of hydrazone groups is 1. The highest BCUT2D eigenvalue weighted by Gasteiger charge is 2.25. The van der Waals surface area contributed by atoms with Gasteiger partial charge in [-0.1, -0.05) is 39.9 Å². The number of hydrogen-bond acceptors (Lipinski definition) is 4. The second-order valence-electron chi connectivity index (χ2n) is 3.94. The first-order valence-electron chi connectivity index (χ1n) is 5.45. The van der Waals surface area contributed by atoms with E-state index in [1.165, 1.54) is 16.8 Å². The van der Waals surface area contributed by atoms with Crippen LogP contribution in [0.25, 0.3) is 10.9 Å². The quantitative estimate of drug-likeness (QED) is 0.666. The molecule has 19 heavy (non-hydrogen) atoms. The van der Waals surface area contributed by atoms with Crippen LogP contribution in [-0.2, 0) is 4.79 Å². The summed E-state index contributed by atoms with van der Waals surface area (Å²) in [6.45, 7) is 0. The summed E-state index contributed by atoms with van der Waals surface area (Å²) in [5.74, 6) is 0.294. The summed E-state index contributed by atoms with van der Waals surface area (Å²) in [7, 11) is 0. The van der Waals surface area contributed by atoms with Crippen LogP contribution in [0, 0.1) is 0 Å². The topological polar surface area (TPSA) is 48.5 Å². The molecular weight excluding hydrogens is 346 g/mol. The Morgan fingerprint density at radius 3 is 3.11 bits per heavy atom. The normalized spacial score (nSPS) is 16.2. The van der Waals surface area contributed by atoms with Crippen LogP contribution in [0.5, 0.6) is 0 Å². The van der Waals surface area contributed by atoms with E-state index in [0.29, 0.717) is 10.1 Å². The highest BCUT2D eigenvalue weighted by molar-refractivity contribution is 9.10. The van der Waals surface area contributed by atoms with Gasteiger partial charge in [-0.3, -0.25) is 4.79 Å². The summed E-state index contributed by atoms with van der Waals surface area (Å²) >= 11 is 9.84. The zero-order valence-electron chi connectivity index (χ0n) is 9.59. The van der Waals surface area contributed by atoms with Crippen LogP contribution in [-0.4, -0.2) is 32.2 Å². The molecule has 3 rings (SSSR count). The number of amides is 1. The lowest BCUT2D eigenvalue weighted by Gasteiger charge is -2.05. The molecule has 0 atom stereocenters. The fourth-order valence-electron chi connectivity index (χ4n) is 1.80. The number of nitrogens with one attached hydrogen (secondary N) is 1. The first-order chi connectivity index (χ1) is 9.15. The van der Waals surface area contributed by atoms with E-state index in [9.17, 15) is 4.79 Å². The Hall–Kier alpha value is -1.18. The Bertz CT molecular complexity index is 694. The summed E-state index contributed by atoms with van der Waals surface area (Å²) in [4.78, 5) is 14.7. The van der Waals surface area contributed by atoms with Crippen molar-refractivity contribution in [3.8, 4) is 0 Å². The monoisotopic (exact) mass is 353 g/mol. The maximum Gasteiger partial charge on any atom is 0.259 e. The molecule has 0 spiro atoms. The van der Waals surface area contributed by atoms with Crippen molar-refractivity contribution in [2.75, 3.05) is 5.75 Å². The van der Waals surface area contributed by atoms with E-state index < -0.39 is 0 Å². The number of carbonyl (C=O) groups is 1. The maximum absolute atomic E-state index is 11.6. The van der Waals surface area contributed by atoms with Gasteiger partial charge in [0, 0.05) is 27.1 Å². The van der Waals surface area contributed by atoms with Gasteiger partial charge in [-0.15, -0.1) is 0 Å². The molecule has 1 saturated heterocycles. The average molecular weight is 354 g/mol. The van der Waals surface area contributed by atoms with Crippen molar-refractivity contribution < 1.29 is 4.79 Å². The minimum Gasteiger partial charge on any atom is -0.361 e. The van der Waals surface area contributed by atoms with E-state index in [2.05, 4.69) is 26.0 Å². The van der Waals surface area contributed by atoms with Crippen molar-refractivity contribution in [3.05, 3.63) is 34.4 Å². The maximum atomic E-state index is 11.6. The molecule has 7 heteroatoms. The molecule has 1 amide bonds. The number of rotatable bonds is 2. The van der Waals surface area contributed by atoms with E-state index in [4.69, 9.17) is 12.2 Å². The molecule has 1 N–H and O–H groups in total. The predicted molar refractivity (Wildman–Crippen MR) is 85.5 cm³/mol. The average Bonchev–Trinajstić information content (AvgIpc) is 2.92. The number of nitrogens with zero attached hydrogens (tertiary/aromatic N) is 2. The standard InChI is InChI=1S/C12H8BrN3OS2/c13-8-1-2-10-9(3-8)7(4-14-10)5-15-16-11(17)6-19-12(16)18/h1-5,14H,6H2/b15-5+. The first-order valence-corrected chi connectivity index (χ1v) is 7.64. The predicted octanol–water partition coefficient (Wildman–Crippen LogP) is 3.12. The summed E-state index contributed by atoms with van der Waals surface area (Å²) in [5.41, 5.74) is 1.94. The third kappa shape index (κ3) is 2.45. The van der Waals surface area contributed by atoms with Gasteiger partial charge in [-0.25, -0.2) is 0 Å². The van der Waals surface area contributed by atoms with Crippen molar-refractivity contribution in [1.29, 1.82) is 0 Å². The number of benzene rings is 1. The number of H-pyrrole nitrogens is 1. The number of thiocarbonyl (C=S) groups is 1. The van der Waals surface area contributed by atoms with Crippen molar-refractivity contribution in [2.24, 2.45) is 5.10 Å². The van der Waals surface area contributed by atoms with Gasteiger partial charge in [0.2, 0.25) is 0 Å². The van der Waals surface area contributed by atoms with Gasteiger partial charge in [0.15, 0.2) is 4.32 Å². The molecule has 1 fully saturated rings. The number of fused-ring (bicyclic) bond motifs is 1. The molecule has 1 aliphatic rings. The number of carbonyl (C=O) groups excluding carboxylic acids is 1. The number of halogens is 1. The fourth-order valence-corrected chi connectivity index (χ4v) is 3.13. The van der Waals surface area contributed by atoms with E-state index >= 15 is 0 Å². The van der Waals surface area contributed by atoms with Gasteiger partial charge >= 0.3 is 0 Å².